The highest BCUT2D eigenvalue weighted by atomic mass is 35.5. The fourth-order valence-electron chi connectivity index (χ4n) is 2.17. The second kappa shape index (κ2) is 4.03. The van der Waals surface area contributed by atoms with E-state index in [1.165, 1.54) is 6.07 Å². The van der Waals surface area contributed by atoms with E-state index in [9.17, 15) is 10.1 Å². The molecule has 1 aromatic rings. The minimum atomic E-state index is -0.345. The van der Waals surface area contributed by atoms with Gasteiger partial charge in [0.2, 0.25) is 0 Å². The lowest BCUT2D eigenvalue weighted by Crippen LogP contribution is -2.15. The van der Waals surface area contributed by atoms with Crippen molar-refractivity contribution < 1.29 is 4.92 Å². The smallest absolute Gasteiger partial charge is 0.273 e. The van der Waals surface area contributed by atoms with Gasteiger partial charge in [0.05, 0.1) is 4.92 Å². The van der Waals surface area contributed by atoms with E-state index in [1.807, 2.05) is 0 Å². The summed E-state index contributed by atoms with van der Waals surface area (Å²) in [6, 6.07) is 4.75. The Morgan fingerprint density at radius 2 is 2.19 bits per heavy atom. The highest BCUT2D eigenvalue weighted by Gasteiger charge is 2.47. The van der Waals surface area contributed by atoms with E-state index in [0.717, 1.165) is 24.8 Å². The number of halogens is 1. The van der Waals surface area contributed by atoms with Gasteiger partial charge < -0.3 is 5.73 Å². The quantitative estimate of drug-likeness (QED) is 0.650. The van der Waals surface area contributed by atoms with Gasteiger partial charge in [-0.3, -0.25) is 10.1 Å². The van der Waals surface area contributed by atoms with Crippen molar-refractivity contribution in [1.82, 2.24) is 0 Å². The summed E-state index contributed by atoms with van der Waals surface area (Å²) < 4.78 is 0. The van der Waals surface area contributed by atoms with Crippen molar-refractivity contribution in [2.75, 3.05) is 6.54 Å². The topological polar surface area (TPSA) is 69.2 Å². The number of hydrogen-bond acceptors (Lipinski definition) is 3. The summed E-state index contributed by atoms with van der Waals surface area (Å²) in [5.41, 5.74) is 6.37. The Balaban J connectivity index is 2.46. The summed E-state index contributed by atoms with van der Waals surface area (Å²) in [5, 5.41) is 11.5. The highest BCUT2D eigenvalue weighted by Crippen LogP contribution is 2.53. The average molecular weight is 241 g/mol. The van der Waals surface area contributed by atoms with Gasteiger partial charge >= 0.3 is 0 Å². The molecule has 0 heterocycles. The number of benzene rings is 1. The molecule has 0 unspecified atom stereocenters. The van der Waals surface area contributed by atoms with Crippen molar-refractivity contribution in [3.8, 4) is 0 Å². The molecule has 16 heavy (non-hydrogen) atoms. The Hall–Kier alpha value is -1.13. The average Bonchev–Trinajstić information content (AvgIpc) is 2.99. The van der Waals surface area contributed by atoms with E-state index in [4.69, 9.17) is 17.3 Å². The van der Waals surface area contributed by atoms with Gasteiger partial charge in [0.1, 0.15) is 0 Å². The first-order valence-electron chi connectivity index (χ1n) is 5.23. The molecule has 2 rings (SSSR count). The molecule has 1 aliphatic rings. The van der Waals surface area contributed by atoms with E-state index in [-0.39, 0.29) is 16.0 Å². The molecule has 0 radical (unpaired) electrons. The lowest BCUT2D eigenvalue weighted by molar-refractivity contribution is -0.385. The molecule has 2 N–H and O–H groups in total. The molecule has 0 amide bonds. The molecule has 0 atom stereocenters. The molecule has 1 fully saturated rings. The predicted octanol–water partition coefficient (Wildman–Crippen LogP) is 2.63. The van der Waals surface area contributed by atoms with E-state index < -0.39 is 0 Å². The molecule has 1 aromatic carbocycles. The summed E-state index contributed by atoms with van der Waals surface area (Å²) >= 11 is 5.90. The molecule has 0 spiro atoms. The van der Waals surface area contributed by atoms with E-state index >= 15 is 0 Å². The number of rotatable bonds is 4. The number of hydrogen-bond donors (Lipinski definition) is 1. The maximum Gasteiger partial charge on any atom is 0.273 e. The van der Waals surface area contributed by atoms with Crippen molar-refractivity contribution in [3.63, 3.8) is 0 Å². The minimum absolute atomic E-state index is 0.0952. The van der Waals surface area contributed by atoms with Crippen LogP contribution in [0.4, 0.5) is 5.69 Å². The van der Waals surface area contributed by atoms with Crippen LogP contribution >= 0.6 is 11.6 Å². The molecule has 1 saturated carbocycles. The molecule has 1 aliphatic carbocycles. The Morgan fingerprint density at radius 3 is 2.69 bits per heavy atom. The van der Waals surface area contributed by atoms with Crippen LogP contribution in [-0.2, 0) is 5.41 Å². The van der Waals surface area contributed by atoms with Gasteiger partial charge in [-0.15, -0.1) is 0 Å². The largest absolute Gasteiger partial charge is 0.330 e. The van der Waals surface area contributed by atoms with E-state index in [2.05, 4.69) is 0 Å². The van der Waals surface area contributed by atoms with Crippen LogP contribution in [0.25, 0.3) is 0 Å². The summed E-state index contributed by atoms with van der Waals surface area (Å²) in [6.45, 7) is 0.545. The third kappa shape index (κ3) is 1.90. The van der Waals surface area contributed by atoms with Crippen LogP contribution < -0.4 is 5.73 Å². The summed E-state index contributed by atoms with van der Waals surface area (Å²) in [5.74, 6) is 0. The monoisotopic (exact) mass is 240 g/mol. The first kappa shape index (κ1) is 11.4. The fourth-order valence-corrected chi connectivity index (χ4v) is 2.35. The zero-order valence-corrected chi connectivity index (χ0v) is 9.54. The summed E-state index contributed by atoms with van der Waals surface area (Å²) in [7, 11) is 0. The number of nitrogens with zero attached hydrogens (tertiary/aromatic N) is 1. The molecule has 4 nitrogen and oxygen atoms in total. The van der Waals surface area contributed by atoms with Crippen molar-refractivity contribution >= 4 is 17.3 Å². The van der Waals surface area contributed by atoms with Crippen molar-refractivity contribution in [2.45, 2.75) is 24.7 Å². The van der Waals surface area contributed by atoms with Crippen LogP contribution in [0.1, 0.15) is 24.8 Å². The van der Waals surface area contributed by atoms with Crippen LogP contribution in [-0.4, -0.2) is 11.5 Å². The van der Waals surface area contributed by atoms with Crippen LogP contribution in [0.15, 0.2) is 18.2 Å². The van der Waals surface area contributed by atoms with Gasteiger partial charge in [-0.1, -0.05) is 11.6 Å². The lowest BCUT2D eigenvalue weighted by atomic mass is 9.91. The van der Waals surface area contributed by atoms with Crippen molar-refractivity contribution in [3.05, 3.63) is 38.9 Å². The normalized spacial score (nSPS) is 17.1. The maximum atomic E-state index is 10.9. The second-order valence-corrected chi connectivity index (χ2v) is 4.67. The molecule has 0 bridgehead atoms. The van der Waals surface area contributed by atoms with Crippen molar-refractivity contribution in [1.29, 1.82) is 0 Å². The Bertz CT molecular complexity index is 430. The molecular formula is C11H13ClN2O2. The molecule has 0 aliphatic heterocycles. The van der Waals surface area contributed by atoms with Crippen LogP contribution in [0, 0.1) is 10.1 Å². The maximum absolute atomic E-state index is 10.9. The molecule has 86 valence electrons. The minimum Gasteiger partial charge on any atom is -0.330 e. The van der Waals surface area contributed by atoms with Crippen LogP contribution in [0.3, 0.4) is 0 Å². The Morgan fingerprint density at radius 1 is 1.50 bits per heavy atom. The number of nitrogens with two attached hydrogens (primary N) is 1. The van der Waals surface area contributed by atoms with Gasteiger partial charge in [-0.25, -0.2) is 0 Å². The van der Waals surface area contributed by atoms with Gasteiger partial charge in [0, 0.05) is 22.1 Å². The summed E-state index contributed by atoms with van der Waals surface area (Å²) in [4.78, 5) is 10.6. The zero-order valence-electron chi connectivity index (χ0n) is 8.78. The second-order valence-electron chi connectivity index (χ2n) is 4.24. The lowest BCUT2D eigenvalue weighted by Gasteiger charge is -2.14. The Kier molecular flexibility index (Phi) is 2.86. The first-order chi connectivity index (χ1) is 7.59. The zero-order chi connectivity index (χ0) is 11.8. The van der Waals surface area contributed by atoms with Crippen molar-refractivity contribution in [2.24, 2.45) is 5.73 Å². The molecule has 5 heteroatoms. The number of nitro groups is 1. The van der Waals surface area contributed by atoms with Crippen LogP contribution in [0.5, 0.6) is 0 Å². The third-order valence-corrected chi connectivity index (χ3v) is 3.44. The molecular weight excluding hydrogens is 228 g/mol. The van der Waals surface area contributed by atoms with Crippen LogP contribution in [0.2, 0.25) is 5.02 Å². The standard InChI is InChI=1S/C11H13ClN2O2/c12-8-1-2-10(14(15)16)9(7-8)11(3-4-11)5-6-13/h1-2,7H,3-6,13H2. The van der Waals surface area contributed by atoms with Gasteiger partial charge in [0.25, 0.3) is 5.69 Å². The highest BCUT2D eigenvalue weighted by molar-refractivity contribution is 6.30. The SMILES string of the molecule is NCCC1(c2cc(Cl)ccc2[N+](=O)[O-])CC1. The van der Waals surface area contributed by atoms with E-state index in [0.29, 0.717) is 11.6 Å². The van der Waals surface area contributed by atoms with Gasteiger partial charge in [-0.05, 0) is 37.9 Å². The Labute approximate surface area is 98.5 Å². The third-order valence-electron chi connectivity index (χ3n) is 3.20. The summed E-state index contributed by atoms with van der Waals surface area (Å²) in [6.07, 6.45) is 2.71. The predicted molar refractivity (Wildman–Crippen MR) is 62.7 cm³/mol. The first-order valence-corrected chi connectivity index (χ1v) is 5.61. The van der Waals surface area contributed by atoms with Gasteiger partial charge in [-0.2, -0.15) is 0 Å². The molecule has 0 aromatic heterocycles. The number of nitro benzene ring substituents is 1. The fraction of sp³-hybridized carbons (Fsp3) is 0.455. The molecule has 0 saturated heterocycles. The van der Waals surface area contributed by atoms with E-state index in [1.54, 1.807) is 12.1 Å². The van der Waals surface area contributed by atoms with Gasteiger partial charge in [0.15, 0.2) is 0 Å².